The second-order valence-electron chi connectivity index (χ2n) is 2.31. The van der Waals surface area contributed by atoms with Crippen LogP contribution in [0, 0.1) is 0 Å². The Labute approximate surface area is 81.6 Å². The molecule has 0 spiro atoms. The van der Waals surface area contributed by atoms with Crippen molar-refractivity contribution in [3.8, 4) is 0 Å². The largest absolute Gasteiger partial charge is 0.464 e. The summed E-state index contributed by atoms with van der Waals surface area (Å²) in [6, 6.07) is 0. The van der Waals surface area contributed by atoms with Gasteiger partial charge in [-0.1, -0.05) is 29.3 Å². The van der Waals surface area contributed by atoms with Gasteiger partial charge in [0.15, 0.2) is 0 Å². The molecule has 3 nitrogen and oxygen atoms in total. The van der Waals surface area contributed by atoms with Crippen LogP contribution in [0.3, 0.4) is 0 Å². The Bertz CT molecular complexity index is 127. The van der Waals surface area contributed by atoms with Gasteiger partial charge < -0.3 is 9.47 Å². The smallest absolute Gasteiger partial charge is 0.332 e. The molecule has 0 amide bonds. The van der Waals surface area contributed by atoms with Gasteiger partial charge in [-0.2, -0.15) is 0 Å². The molecule has 0 N–H and O–H groups in total. The fourth-order valence-corrected chi connectivity index (χ4v) is 1.26. The molecule has 4 heteroatoms. The maximum Gasteiger partial charge on any atom is 0.332 e. The van der Waals surface area contributed by atoms with Crippen LogP contribution in [0.15, 0.2) is 0 Å². The lowest BCUT2D eigenvalue weighted by molar-refractivity contribution is -0.148. The third-order valence-corrected chi connectivity index (χ3v) is 1.93. The molecule has 0 aliphatic rings. The van der Waals surface area contributed by atoms with E-state index in [9.17, 15) is 4.79 Å². The van der Waals surface area contributed by atoms with E-state index in [1.54, 1.807) is 6.92 Å². The van der Waals surface area contributed by atoms with Crippen molar-refractivity contribution in [2.24, 2.45) is 0 Å². The van der Waals surface area contributed by atoms with E-state index in [1.807, 2.05) is 0 Å². The first kappa shape index (κ1) is 11.9. The van der Waals surface area contributed by atoms with Crippen molar-refractivity contribution in [2.75, 3.05) is 13.2 Å². The van der Waals surface area contributed by atoms with E-state index >= 15 is 0 Å². The quantitative estimate of drug-likeness (QED) is 0.526. The highest BCUT2D eigenvalue weighted by atomic mass is 79.9. The molecule has 0 heterocycles. The van der Waals surface area contributed by atoms with Gasteiger partial charge in [-0.15, -0.1) is 0 Å². The van der Waals surface area contributed by atoms with Crippen molar-refractivity contribution in [2.45, 2.75) is 31.7 Å². The Balaban J connectivity index is 3.33. The molecule has 0 aromatic carbocycles. The first-order valence-corrected chi connectivity index (χ1v) is 5.03. The molecule has 0 saturated carbocycles. The standard InChI is InChI=1S/C8H15BrO3/c1-3-5-7(9)12-6-8(10)11-4-2/h7H,3-6H2,1-2H3. The monoisotopic (exact) mass is 238 g/mol. The Morgan fingerprint density at radius 3 is 2.67 bits per heavy atom. The Hall–Kier alpha value is -0.0900. The SMILES string of the molecule is CCCC(Br)OCC(=O)OCC. The number of hydrogen-bond acceptors (Lipinski definition) is 3. The number of halogens is 1. The summed E-state index contributed by atoms with van der Waals surface area (Å²) in [5.74, 6) is -0.307. The Morgan fingerprint density at radius 1 is 1.50 bits per heavy atom. The fraction of sp³-hybridized carbons (Fsp3) is 0.875. The van der Waals surface area contributed by atoms with Crippen molar-refractivity contribution >= 4 is 21.9 Å². The van der Waals surface area contributed by atoms with Gasteiger partial charge >= 0.3 is 5.97 Å². The second-order valence-corrected chi connectivity index (χ2v) is 3.34. The third-order valence-electron chi connectivity index (χ3n) is 1.20. The molecule has 0 radical (unpaired) electrons. The van der Waals surface area contributed by atoms with E-state index in [2.05, 4.69) is 27.6 Å². The molecule has 0 rings (SSSR count). The zero-order valence-electron chi connectivity index (χ0n) is 7.51. The van der Waals surface area contributed by atoms with Gasteiger partial charge in [0, 0.05) is 0 Å². The van der Waals surface area contributed by atoms with Gasteiger partial charge in [0.2, 0.25) is 0 Å². The van der Waals surface area contributed by atoms with Crippen LogP contribution < -0.4 is 0 Å². The lowest BCUT2D eigenvalue weighted by Crippen LogP contribution is -2.16. The summed E-state index contributed by atoms with van der Waals surface area (Å²) in [6.07, 6.45) is 1.93. The van der Waals surface area contributed by atoms with Crippen molar-refractivity contribution in [3.63, 3.8) is 0 Å². The predicted molar refractivity (Wildman–Crippen MR) is 50.2 cm³/mol. The minimum atomic E-state index is -0.307. The molecule has 72 valence electrons. The first-order valence-electron chi connectivity index (χ1n) is 4.12. The molecule has 12 heavy (non-hydrogen) atoms. The van der Waals surface area contributed by atoms with E-state index in [-0.39, 0.29) is 17.6 Å². The van der Waals surface area contributed by atoms with E-state index in [0.29, 0.717) is 6.61 Å². The topological polar surface area (TPSA) is 35.5 Å². The molecule has 0 fully saturated rings. The minimum absolute atomic E-state index is 0.0315. The molecule has 1 atom stereocenters. The number of carbonyl (C=O) groups is 1. The average Bonchev–Trinajstić information content (AvgIpc) is 2.02. The molecule has 0 aromatic rings. The van der Waals surface area contributed by atoms with Crippen LogP contribution in [-0.2, 0) is 14.3 Å². The average molecular weight is 239 g/mol. The summed E-state index contributed by atoms with van der Waals surface area (Å²) in [7, 11) is 0. The van der Waals surface area contributed by atoms with E-state index < -0.39 is 0 Å². The van der Waals surface area contributed by atoms with Gasteiger partial charge in [-0.25, -0.2) is 4.79 Å². The van der Waals surface area contributed by atoms with Crippen LogP contribution in [0.4, 0.5) is 0 Å². The summed E-state index contributed by atoms with van der Waals surface area (Å²) in [5, 5.41) is -0.0353. The zero-order chi connectivity index (χ0) is 9.40. The lowest BCUT2D eigenvalue weighted by Gasteiger charge is -2.08. The maximum atomic E-state index is 10.8. The molecule has 0 aliphatic heterocycles. The van der Waals surface area contributed by atoms with Gasteiger partial charge in [-0.3, -0.25) is 0 Å². The first-order chi connectivity index (χ1) is 5.70. The highest BCUT2D eigenvalue weighted by Gasteiger charge is 2.06. The third kappa shape index (κ3) is 6.61. The summed E-state index contributed by atoms with van der Waals surface area (Å²) < 4.78 is 9.82. The van der Waals surface area contributed by atoms with E-state index in [0.717, 1.165) is 12.8 Å². The summed E-state index contributed by atoms with van der Waals surface area (Å²) in [4.78, 5) is 10.8. The van der Waals surface area contributed by atoms with E-state index in [4.69, 9.17) is 4.74 Å². The molecule has 0 saturated heterocycles. The van der Waals surface area contributed by atoms with E-state index in [1.165, 1.54) is 0 Å². The molecule has 1 unspecified atom stereocenters. The second kappa shape index (κ2) is 7.55. The minimum Gasteiger partial charge on any atom is -0.464 e. The van der Waals surface area contributed by atoms with Crippen molar-refractivity contribution in [1.29, 1.82) is 0 Å². The highest BCUT2D eigenvalue weighted by molar-refractivity contribution is 9.09. The molecule has 0 aromatic heterocycles. The number of carbonyl (C=O) groups excluding carboxylic acids is 1. The normalized spacial score (nSPS) is 12.6. The van der Waals surface area contributed by atoms with Crippen LogP contribution in [0.25, 0.3) is 0 Å². The Morgan fingerprint density at radius 2 is 2.17 bits per heavy atom. The van der Waals surface area contributed by atoms with Crippen LogP contribution in [0.5, 0.6) is 0 Å². The number of ether oxygens (including phenoxy) is 2. The maximum absolute atomic E-state index is 10.8. The molecule has 0 bridgehead atoms. The summed E-state index contributed by atoms with van der Waals surface area (Å²) in [5.41, 5.74) is 0. The van der Waals surface area contributed by atoms with Crippen LogP contribution in [-0.4, -0.2) is 24.2 Å². The van der Waals surface area contributed by atoms with Crippen molar-refractivity contribution in [3.05, 3.63) is 0 Å². The van der Waals surface area contributed by atoms with Gasteiger partial charge in [0.25, 0.3) is 0 Å². The van der Waals surface area contributed by atoms with Crippen LogP contribution in [0.2, 0.25) is 0 Å². The van der Waals surface area contributed by atoms with Gasteiger partial charge in [-0.05, 0) is 13.3 Å². The highest BCUT2D eigenvalue weighted by Crippen LogP contribution is 2.08. The number of rotatable bonds is 6. The van der Waals surface area contributed by atoms with Gasteiger partial charge in [0.05, 0.1) is 6.61 Å². The Kier molecular flexibility index (Phi) is 7.50. The number of hydrogen-bond donors (Lipinski definition) is 0. The van der Waals surface area contributed by atoms with Gasteiger partial charge in [0.1, 0.15) is 11.6 Å². The van der Waals surface area contributed by atoms with Crippen LogP contribution >= 0.6 is 15.9 Å². The number of alkyl halides is 1. The lowest BCUT2D eigenvalue weighted by atomic mass is 10.4. The van der Waals surface area contributed by atoms with Crippen molar-refractivity contribution in [1.82, 2.24) is 0 Å². The molecule has 0 aliphatic carbocycles. The van der Waals surface area contributed by atoms with Crippen molar-refractivity contribution < 1.29 is 14.3 Å². The summed E-state index contributed by atoms with van der Waals surface area (Å²) >= 11 is 3.29. The predicted octanol–water partition coefficient (Wildman–Crippen LogP) is 2.09. The summed E-state index contributed by atoms with van der Waals surface area (Å²) in [6.45, 7) is 4.27. The van der Waals surface area contributed by atoms with Crippen LogP contribution in [0.1, 0.15) is 26.7 Å². The number of esters is 1. The molecular weight excluding hydrogens is 224 g/mol. The zero-order valence-corrected chi connectivity index (χ0v) is 9.09. The fourth-order valence-electron chi connectivity index (χ4n) is 0.671. The molecular formula is C8H15BrO3.